The second kappa shape index (κ2) is 8.31. The Morgan fingerprint density at radius 1 is 1.18 bits per heavy atom. The van der Waals surface area contributed by atoms with Gasteiger partial charge in [-0.3, -0.25) is 0 Å². The molecule has 0 aliphatic carbocycles. The van der Waals surface area contributed by atoms with Gasteiger partial charge in [-0.25, -0.2) is 0 Å². The molecule has 0 aromatic rings. The van der Waals surface area contributed by atoms with Crippen molar-refractivity contribution in [3.63, 3.8) is 0 Å². The van der Waals surface area contributed by atoms with Crippen molar-refractivity contribution in [3.8, 4) is 0 Å². The third-order valence-corrected chi connectivity index (χ3v) is 4.89. The van der Waals surface area contributed by atoms with Gasteiger partial charge < -0.3 is 0 Å². The standard InChI is InChI=1S/C10H24Si/c1-4-6-7-8-11-9-10(3)5-2/h10H,4-9,11H2,1-3H3/t10-/m0/s1. The number of unbranched alkanes of at least 4 members (excludes halogenated alkanes) is 2. The van der Waals surface area contributed by atoms with E-state index in [0.29, 0.717) is 9.52 Å². The van der Waals surface area contributed by atoms with Crippen LogP contribution in [0.5, 0.6) is 0 Å². The molecule has 0 bridgehead atoms. The molecule has 11 heavy (non-hydrogen) atoms. The van der Waals surface area contributed by atoms with E-state index >= 15 is 0 Å². The maximum absolute atomic E-state index is 2.40. The van der Waals surface area contributed by atoms with E-state index in [1.165, 1.54) is 25.7 Å². The summed E-state index contributed by atoms with van der Waals surface area (Å²) >= 11 is 0. The van der Waals surface area contributed by atoms with Crippen molar-refractivity contribution in [2.24, 2.45) is 5.92 Å². The summed E-state index contributed by atoms with van der Waals surface area (Å²) in [6.07, 6.45) is 5.76. The molecule has 0 amide bonds. The lowest BCUT2D eigenvalue weighted by Gasteiger charge is -2.06. The lowest BCUT2D eigenvalue weighted by atomic mass is 10.2. The summed E-state index contributed by atoms with van der Waals surface area (Å²) in [5, 5.41) is 0. The fraction of sp³-hybridized carbons (Fsp3) is 1.00. The molecule has 1 heteroatoms. The molecule has 0 heterocycles. The molecule has 0 rings (SSSR count). The maximum atomic E-state index is 2.40. The highest BCUT2D eigenvalue weighted by Gasteiger charge is 1.97. The Bertz CT molecular complexity index is 71.3. The number of hydrogen-bond donors (Lipinski definition) is 0. The molecular formula is C10H24Si. The molecule has 0 N–H and O–H groups in total. The topological polar surface area (TPSA) is 0 Å². The minimum absolute atomic E-state index is 0.333. The Hall–Kier alpha value is 0.217. The van der Waals surface area contributed by atoms with Gasteiger partial charge in [0.25, 0.3) is 0 Å². The van der Waals surface area contributed by atoms with Crippen LogP contribution in [0.2, 0.25) is 12.1 Å². The highest BCUT2D eigenvalue weighted by atomic mass is 28.2. The van der Waals surface area contributed by atoms with Crippen molar-refractivity contribution in [1.82, 2.24) is 0 Å². The van der Waals surface area contributed by atoms with Crippen molar-refractivity contribution in [1.29, 1.82) is 0 Å². The molecule has 0 radical (unpaired) electrons. The van der Waals surface area contributed by atoms with Gasteiger partial charge >= 0.3 is 0 Å². The lowest BCUT2D eigenvalue weighted by molar-refractivity contribution is 0.620. The third kappa shape index (κ3) is 8.12. The molecule has 0 spiro atoms. The maximum Gasteiger partial charge on any atom is 0.0200 e. The summed E-state index contributed by atoms with van der Waals surface area (Å²) in [5.41, 5.74) is 0. The smallest absolute Gasteiger partial charge is 0.0200 e. The Morgan fingerprint density at radius 2 is 1.91 bits per heavy atom. The molecule has 0 nitrogen and oxygen atoms in total. The molecule has 0 aromatic heterocycles. The van der Waals surface area contributed by atoms with Crippen LogP contribution in [0.3, 0.4) is 0 Å². The van der Waals surface area contributed by atoms with Crippen LogP contribution in [0, 0.1) is 5.92 Å². The first-order chi connectivity index (χ1) is 5.31. The van der Waals surface area contributed by atoms with E-state index in [9.17, 15) is 0 Å². The van der Waals surface area contributed by atoms with Crippen LogP contribution in [0.25, 0.3) is 0 Å². The predicted molar refractivity (Wildman–Crippen MR) is 57.1 cm³/mol. The van der Waals surface area contributed by atoms with E-state index in [0.717, 1.165) is 5.92 Å². The second-order valence-electron chi connectivity index (χ2n) is 3.72. The average molecular weight is 172 g/mol. The van der Waals surface area contributed by atoms with Gasteiger partial charge in [-0.05, 0) is 5.92 Å². The lowest BCUT2D eigenvalue weighted by Crippen LogP contribution is -1.97. The molecule has 0 aliphatic rings. The van der Waals surface area contributed by atoms with E-state index in [1.807, 2.05) is 0 Å². The molecule has 0 saturated heterocycles. The SMILES string of the molecule is CCCCC[SiH2]C[C@@H](C)CC. The second-order valence-corrected chi connectivity index (χ2v) is 5.71. The van der Waals surface area contributed by atoms with Crippen molar-refractivity contribution >= 4 is 9.52 Å². The fourth-order valence-electron chi connectivity index (χ4n) is 1.30. The summed E-state index contributed by atoms with van der Waals surface area (Å²) in [4.78, 5) is 0. The van der Waals surface area contributed by atoms with Crippen molar-refractivity contribution in [2.45, 2.75) is 58.5 Å². The minimum Gasteiger partial charge on any atom is -0.0654 e. The molecule has 0 aliphatic heterocycles. The normalized spacial score (nSPS) is 14.5. The van der Waals surface area contributed by atoms with Gasteiger partial charge in [0.2, 0.25) is 0 Å². The number of hydrogen-bond acceptors (Lipinski definition) is 0. The molecule has 0 saturated carbocycles. The van der Waals surface area contributed by atoms with E-state index in [-0.39, 0.29) is 0 Å². The zero-order valence-electron chi connectivity index (χ0n) is 8.53. The monoisotopic (exact) mass is 172 g/mol. The van der Waals surface area contributed by atoms with Gasteiger partial charge in [-0.1, -0.05) is 58.5 Å². The van der Waals surface area contributed by atoms with Crippen molar-refractivity contribution < 1.29 is 0 Å². The quantitative estimate of drug-likeness (QED) is 0.408. The zero-order chi connectivity index (χ0) is 8.53. The van der Waals surface area contributed by atoms with Crippen LogP contribution in [0.4, 0.5) is 0 Å². The van der Waals surface area contributed by atoms with Crippen molar-refractivity contribution in [3.05, 3.63) is 0 Å². The Morgan fingerprint density at radius 3 is 2.45 bits per heavy atom. The molecule has 1 atom stereocenters. The zero-order valence-corrected chi connectivity index (χ0v) is 9.94. The van der Waals surface area contributed by atoms with Crippen LogP contribution in [-0.4, -0.2) is 9.52 Å². The molecule has 68 valence electrons. The highest BCUT2D eigenvalue weighted by molar-refractivity contribution is 6.35. The fourth-order valence-corrected chi connectivity index (χ4v) is 3.40. The first kappa shape index (κ1) is 11.2. The van der Waals surface area contributed by atoms with E-state index in [2.05, 4.69) is 20.8 Å². The molecule has 0 unspecified atom stereocenters. The van der Waals surface area contributed by atoms with Crippen LogP contribution >= 0.6 is 0 Å². The summed E-state index contributed by atoms with van der Waals surface area (Å²) in [5.74, 6) is 1.02. The summed E-state index contributed by atoms with van der Waals surface area (Å²) < 4.78 is 0. The van der Waals surface area contributed by atoms with Gasteiger partial charge in [0.15, 0.2) is 0 Å². The van der Waals surface area contributed by atoms with E-state index in [1.54, 1.807) is 12.1 Å². The van der Waals surface area contributed by atoms with E-state index < -0.39 is 0 Å². The summed E-state index contributed by atoms with van der Waals surface area (Å²) in [6, 6.07) is 3.18. The number of rotatable bonds is 7. The van der Waals surface area contributed by atoms with Crippen LogP contribution in [-0.2, 0) is 0 Å². The molecule has 0 aromatic carbocycles. The van der Waals surface area contributed by atoms with Crippen LogP contribution in [0.15, 0.2) is 0 Å². The van der Waals surface area contributed by atoms with Crippen LogP contribution < -0.4 is 0 Å². The summed E-state index contributed by atoms with van der Waals surface area (Å²) in [7, 11) is 0.333. The average Bonchev–Trinajstić information content (AvgIpc) is 2.04. The predicted octanol–water partition coefficient (Wildman–Crippen LogP) is 3.23. The van der Waals surface area contributed by atoms with Gasteiger partial charge in [0.05, 0.1) is 0 Å². The minimum atomic E-state index is 0.333. The molecular weight excluding hydrogens is 148 g/mol. The van der Waals surface area contributed by atoms with Gasteiger partial charge in [-0.15, -0.1) is 0 Å². The third-order valence-electron chi connectivity index (χ3n) is 2.50. The van der Waals surface area contributed by atoms with Gasteiger partial charge in [0.1, 0.15) is 0 Å². The largest absolute Gasteiger partial charge is 0.0654 e. The highest BCUT2D eigenvalue weighted by Crippen LogP contribution is 2.09. The molecule has 0 fully saturated rings. The van der Waals surface area contributed by atoms with Gasteiger partial charge in [0, 0.05) is 9.52 Å². The first-order valence-corrected chi connectivity index (χ1v) is 7.31. The van der Waals surface area contributed by atoms with Crippen molar-refractivity contribution in [2.75, 3.05) is 0 Å². The first-order valence-electron chi connectivity index (χ1n) is 5.31. The van der Waals surface area contributed by atoms with E-state index in [4.69, 9.17) is 0 Å². The van der Waals surface area contributed by atoms with Crippen LogP contribution in [0.1, 0.15) is 46.5 Å². The van der Waals surface area contributed by atoms with Gasteiger partial charge in [-0.2, -0.15) is 0 Å². The Balaban J connectivity index is 2.89. The Kier molecular flexibility index (Phi) is 8.48. The Labute approximate surface area is 74.6 Å². The summed E-state index contributed by atoms with van der Waals surface area (Å²) in [6.45, 7) is 6.99.